The lowest BCUT2D eigenvalue weighted by Gasteiger charge is -2.26. The standard InChI is InChI=1S/C12H26N2O2/c1-12(2)5-4-11(16-12)10-14(7-6-13)8-9-15-3/h11H,4-10,13H2,1-3H3. The Labute approximate surface area is 99.1 Å². The third kappa shape index (κ3) is 4.78. The number of hydrogen-bond acceptors (Lipinski definition) is 4. The topological polar surface area (TPSA) is 47.7 Å². The Morgan fingerprint density at radius 3 is 2.69 bits per heavy atom. The van der Waals surface area contributed by atoms with Gasteiger partial charge in [0, 0.05) is 33.3 Å². The molecule has 0 amide bonds. The molecule has 1 fully saturated rings. The Balaban J connectivity index is 2.31. The third-order valence-corrected chi connectivity index (χ3v) is 3.07. The van der Waals surface area contributed by atoms with Gasteiger partial charge in [-0.1, -0.05) is 0 Å². The smallest absolute Gasteiger partial charge is 0.0710 e. The summed E-state index contributed by atoms with van der Waals surface area (Å²) < 4.78 is 11.1. The molecular formula is C12H26N2O2. The van der Waals surface area contributed by atoms with E-state index in [4.69, 9.17) is 15.2 Å². The molecule has 2 N–H and O–H groups in total. The van der Waals surface area contributed by atoms with Crippen molar-refractivity contribution in [1.29, 1.82) is 0 Å². The van der Waals surface area contributed by atoms with Gasteiger partial charge in [0.05, 0.1) is 18.3 Å². The van der Waals surface area contributed by atoms with Crippen LogP contribution in [0, 0.1) is 0 Å². The largest absolute Gasteiger partial charge is 0.383 e. The zero-order chi connectivity index (χ0) is 12.0. The molecule has 16 heavy (non-hydrogen) atoms. The average Bonchev–Trinajstić information content (AvgIpc) is 2.55. The summed E-state index contributed by atoms with van der Waals surface area (Å²) in [6, 6.07) is 0. The van der Waals surface area contributed by atoms with Crippen LogP contribution in [0.5, 0.6) is 0 Å². The third-order valence-electron chi connectivity index (χ3n) is 3.07. The fourth-order valence-corrected chi connectivity index (χ4v) is 2.19. The summed E-state index contributed by atoms with van der Waals surface area (Å²) in [7, 11) is 1.73. The van der Waals surface area contributed by atoms with Crippen LogP contribution < -0.4 is 5.73 Å². The van der Waals surface area contributed by atoms with Crippen LogP contribution in [0.15, 0.2) is 0 Å². The molecular weight excluding hydrogens is 204 g/mol. The van der Waals surface area contributed by atoms with Crippen molar-refractivity contribution in [1.82, 2.24) is 4.90 Å². The summed E-state index contributed by atoms with van der Waals surface area (Å²) >= 11 is 0. The molecule has 0 spiro atoms. The van der Waals surface area contributed by atoms with E-state index in [0.717, 1.165) is 39.1 Å². The first-order valence-corrected chi connectivity index (χ1v) is 6.16. The van der Waals surface area contributed by atoms with E-state index in [2.05, 4.69) is 18.7 Å². The molecule has 0 aromatic rings. The number of nitrogens with two attached hydrogens (primary N) is 1. The van der Waals surface area contributed by atoms with Crippen LogP contribution in [0.3, 0.4) is 0 Å². The first-order valence-electron chi connectivity index (χ1n) is 6.16. The predicted molar refractivity (Wildman–Crippen MR) is 65.6 cm³/mol. The van der Waals surface area contributed by atoms with Gasteiger partial charge >= 0.3 is 0 Å². The van der Waals surface area contributed by atoms with Gasteiger partial charge in [-0.3, -0.25) is 4.90 Å². The van der Waals surface area contributed by atoms with Crippen LogP contribution in [-0.2, 0) is 9.47 Å². The first kappa shape index (κ1) is 13.9. The van der Waals surface area contributed by atoms with Crippen molar-refractivity contribution < 1.29 is 9.47 Å². The van der Waals surface area contributed by atoms with E-state index in [1.165, 1.54) is 0 Å². The van der Waals surface area contributed by atoms with Crippen LogP contribution in [0.1, 0.15) is 26.7 Å². The highest BCUT2D eigenvalue weighted by Gasteiger charge is 2.32. The molecule has 0 radical (unpaired) electrons. The highest BCUT2D eigenvalue weighted by Crippen LogP contribution is 2.29. The van der Waals surface area contributed by atoms with Gasteiger partial charge in [0.25, 0.3) is 0 Å². The van der Waals surface area contributed by atoms with E-state index in [1.807, 2.05) is 0 Å². The second-order valence-corrected chi connectivity index (χ2v) is 5.12. The summed E-state index contributed by atoms with van der Waals surface area (Å²) in [6.07, 6.45) is 2.66. The van der Waals surface area contributed by atoms with Gasteiger partial charge in [-0.15, -0.1) is 0 Å². The van der Waals surface area contributed by atoms with Crippen molar-refractivity contribution in [2.45, 2.75) is 38.4 Å². The molecule has 1 atom stereocenters. The zero-order valence-corrected chi connectivity index (χ0v) is 10.9. The molecule has 1 heterocycles. The Hall–Kier alpha value is -0.160. The molecule has 4 nitrogen and oxygen atoms in total. The van der Waals surface area contributed by atoms with Gasteiger partial charge in [-0.2, -0.15) is 0 Å². The number of hydrogen-bond donors (Lipinski definition) is 1. The molecule has 1 unspecified atom stereocenters. The fourth-order valence-electron chi connectivity index (χ4n) is 2.19. The van der Waals surface area contributed by atoms with E-state index < -0.39 is 0 Å². The summed E-state index contributed by atoms with van der Waals surface area (Å²) in [6.45, 7) is 8.61. The fraction of sp³-hybridized carbons (Fsp3) is 1.00. The molecule has 0 saturated carbocycles. The Morgan fingerprint density at radius 1 is 1.44 bits per heavy atom. The number of rotatable bonds is 7. The maximum Gasteiger partial charge on any atom is 0.0710 e. The van der Waals surface area contributed by atoms with Crippen molar-refractivity contribution >= 4 is 0 Å². The van der Waals surface area contributed by atoms with Crippen molar-refractivity contribution in [2.24, 2.45) is 5.73 Å². The van der Waals surface area contributed by atoms with Gasteiger partial charge in [0.1, 0.15) is 0 Å². The lowest BCUT2D eigenvalue weighted by atomic mass is 10.1. The highest BCUT2D eigenvalue weighted by molar-refractivity contribution is 4.82. The van der Waals surface area contributed by atoms with E-state index in [9.17, 15) is 0 Å². The maximum absolute atomic E-state index is 5.98. The summed E-state index contributed by atoms with van der Waals surface area (Å²) in [5.74, 6) is 0. The summed E-state index contributed by atoms with van der Waals surface area (Å²) in [4.78, 5) is 2.33. The first-order chi connectivity index (χ1) is 7.57. The Morgan fingerprint density at radius 2 is 2.19 bits per heavy atom. The molecule has 1 saturated heterocycles. The van der Waals surface area contributed by atoms with Gasteiger partial charge in [0.2, 0.25) is 0 Å². The van der Waals surface area contributed by atoms with Crippen molar-refractivity contribution in [3.63, 3.8) is 0 Å². The van der Waals surface area contributed by atoms with Crippen LogP contribution in [-0.4, -0.2) is 56.5 Å². The number of ether oxygens (including phenoxy) is 2. The molecule has 96 valence electrons. The molecule has 1 rings (SSSR count). The molecule has 0 bridgehead atoms. The summed E-state index contributed by atoms with van der Waals surface area (Å²) in [5.41, 5.74) is 5.66. The minimum atomic E-state index is 0.0559. The van der Waals surface area contributed by atoms with E-state index in [0.29, 0.717) is 12.6 Å². The van der Waals surface area contributed by atoms with Gasteiger partial charge in [-0.25, -0.2) is 0 Å². The van der Waals surface area contributed by atoms with Crippen LogP contribution in [0.2, 0.25) is 0 Å². The molecule has 0 aliphatic carbocycles. The SMILES string of the molecule is COCCN(CCN)CC1CCC(C)(C)O1. The summed E-state index contributed by atoms with van der Waals surface area (Å²) in [5, 5.41) is 0. The molecule has 4 heteroatoms. The van der Waals surface area contributed by atoms with Crippen molar-refractivity contribution in [2.75, 3.05) is 39.9 Å². The zero-order valence-electron chi connectivity index (χ0n) is 10.9. The van der Waals surface area contributed by atoms with Gasteiger partial charge < -0.3 is 15.2 Å². The van der Waals surface area contributed by atoms with Gasteiger partial charge in [0.15, 0.2) is 0 Å². The molecule has 0 aromatic carbocycles. The van der Waals surface area contributed by atoms with Gasteiger partial charge in [-0.05, 0) is 26.7 Å². The van der Waals surface area contributed by atoms with E-state index in [1.54, 1.807) is 7.11 Å². The lowest BCUT2D eigenvalue weighted by Crippen LogP contribution is -2.38. The lowest BCUT2D eigenvalue weighted by molar-refractivity contribution is -0.0301. The van der Waals surface area contributed by atoms with E-state index in [-0.39, 0.29) is 5.60 Å². The van der Waals surface area contributed by atoms with Crippen molar-refractivity contribution in [3.05, 3.63) is 0 Å². The van der Waals surface area contributed by atoms with Crippen LogP contribution >= 0.6 is 0 Å². The predicted octanol–water partition coefficient (Wildman–Crippen LogP) is 0.851. The van der Waals surface area contributed by atoms with Crippen LogP contribution in [0.25, 0.3) is 0 Å². The number of methoxy groups -OCH3 is 1. The Kier molecular flexibility index (Phi) is 5.69. The minimum Gasteiger partial charge on any atom is -0.383 e. The minimum absolute atomic E-state index is 0.0559. The van der Waals surface area contributed by atoms with Crippen LogP contribution in [0.4, 0.5) is 0 Å². The van der Waals surface area contributed by atoms with Crippen molar-refractivity contribution in [3.8, 4) is 0 Å². The number of nitrogens with zero attached hydrogens (tertiary/aromatic N) is 1. The maximum atomic E-state index is 5.98. The molecule has 1 aliphatic rings. The molecule has 0 aromatic heterocycles. The molecule has 1 aliphatic heterocycles. The van der Waals surface area contributed by atoms with E-state index >= 15 is 0 Å². The average molecular weight is 230 g/mol. The monoisotopic (exact) mass is 230 g/mol. The Bertz CT molecular complexity index is 197. The highest BCUT2D eigenvalue weighted by atomic mass is 16.5. The normalized spacial score (nSPS) is 24.2. The quantitative estimate of drug-likeness (QED) is 0.704. The second-order valence-electron chi connectivity index (χ2n) is 5.12. The second kappa shape index (κ2) is 6.55.